The highest BCUT2D eigenvalue weighted by molar-refractivity contribution is 9.10. The van der Waals surface area contributed by atoms with Gasteiger partial charge in [0, 0.05) is 39.3 Å². The Labute approximate surface area is 141 Å². The Kier molecular flexibility index (Phi) is 3.39. The average Bonchev–Trinajstić information content (AvgIpc) is 3.27. The predicted molar refractivity (Wildman–Crippen MR) is 91.3 cm³/mol. The van der Waals surface area contributed by atoms with Crippen LogP contribution in [-0.2, 0) is 0 Å². The van der Waals surface area contributed by atoms with E-state index >= 15 is 0 Å². The molecular formula is C17H13BrClN3. The summed E-state index contributed by atoms with van der Waals surface area (Å²) in [6, 6.07) is 9.88. The Morgan fingerprint density at radius 3 is 2.82 bits per heavy atom. The van der Waals surface area contributed by atoms with Gasteiger partial charge < -0.3 is 0 Å². The van der Waals surface area contributed by atoms with E-state index in [1.807, 2.05) is 43.5 Å². The van der Waals surface area contributed by atoms with Gasteiger partial charge in [-0.05, 0) is 37.6 Å². The third-order valence-corrected chi connectivity index (χ3v) is 4.86. The summed E-state index contributed by atoms with van der Waals surface area (Å²) in [7, 11) is 0. The van der Waals surface area contributed by atoms with Crippen LogP contribution in [0.1, 0.15) is 35.5 Å². The van der Waals surface area contributed by atoms with E-state index in [4.69, 9.17) is 16.6 Å². The Bertz CT molecular complexity index is 881. The Morgan fingerprint density at radius 1 is 1.14 bits per heavy atom. The third-order valence-electron chi connectivity index (χ3n) is 4.06. The molecule has 0 radical (unpaired) electrons. The van der Waals surface area contributed by atoms with Crippen molar-refractivity contribution in [1.29, 1.82) is 0 Å². The van der Waals surface area contributed by atoms with Gasteiger partial charge in [0.2, 0.25) is 0 Å². The van der Waals surface area contributed by atoms with Gasteiger partial charge in [0.15, 0.2) is 0 Å². The summed E-state index contributed by atoms with van der Waals surface area (Å²) in [6.45, 7) is 1.99. The molecule has 1 aliphatic rings. The molecule has 110 valence electrons. The molecule has 3 aromatic rings. The quantitative estimate of drug-likeness (QED) is 0.632. The topological polar surface area (TPSA) is 38.7 Å². The van der Waals surface area contributed by atoms with Crippen molar-refractivity contribution in [2.75, 3.05) is 0 Å². The molecule has 2 atom stereocenters. The summed E-state index contributed by atoms with van der Waals surface area (Å²) in [4.78, 5) is 13.7. The summed E-state index contributed by atoms with van der Waals surface area (Å²) < 4.78 is 1.01. The molecule has 0 bridgehead atoms. The zero-order valence-corrected chi connectivity index (χ0v) is 14.3. The number of rotatable bonds is 2. The Balaban J connectivity index is 1.71. The standard InChI is InChI=1S/C17H13BrClN3/c1-9-4-5-20-17(21-9)13-7-12(13)16-8-14(19)11-3-2-10(18)6-15(11)22-16/h2-6,8,12-13H,7H2,1H3/t12-,13-/m0/s1. The molecule has 1 aromatic carbocycles. The van der Waals surface area contributed by atoms with Gasteiger partial charge in [0.25, 0.3) is 0 Å². The third kappa shape index (κ3) is 2.50. The lowest BCUT2D eigenvalue weighted by Gasteiger charge is -2.06. The molecule has 1 fully saturated rings. The van der Waals surface area contributed by atoms with Crippen LogP contribution in [0.15, 0.2) is 41.0 Å². The number of benzene rings is 1. The molecule has 1 aliphatic carbocycles. The maximum Gasteiger partial charge on any atom is 0.132 e. The van der Waals surface area contributed by atoms with E-state index in [1.54, 1.807) is 0 Å². The summed E-state index contributed by atoms with van der Waals surface area (Å²) in [5, 5.41) is 1.74. The van der Waals surface area contributed by atoms with Crippen LogP contribution < -0.4 is 0 Å². The zero-order valence-electron chi connectivity index (χ0n) is 11.9. The first-order chi connectivity index (χ1) is 10.6. The van der Waals surface area contributed by atoms with Crippen LogP contribution in [0.5, 0.6) is 0 Å². The highest BCUT2D eigenvalue weighted by Gasteiger charge is 2.43. The lowest BCUT2D eigenvalue weighted by molar-refractivity contribution is 0.867. The molecule has 2 heterocycles. The molecule has 3 nitrogen and oxygen atoms in total. The van der Waals surface area contributed by atoms with Crippen molar-refractivity contribution in [1.82, 2.24) is 15.0 Å². The van der Waals surface area contributed by atoms with Crippen LogP contribution in [-0.4, -0.2) is 15.0 Å². The highest BCUT2D eigenvalue weighted by Crippen LogP contribution is 2.53. The van der Waals surface area contributed by atoms with E-state index in [-0.39, 0.29) is 0 Å². The number of halogens is 2. The van der Waals surface area contributed by atoms with E-state index < -0.39 is 0 Å². The molecule has 0 saturated heterocycles. The molecule has 0 spiro atoms. The maximum absolute atomic E-state index is 6.42. The molecule has 4 rings (SSSR count). The van der Waals surface area contributed by atoms with E-state index in [1.165, 1.54) is 0 Å². The van der Waals surface area contributed by atoms with Crippen molar-refractivity contribution in [2.24, 2.45) is 0 Å². The van der Waals surface area contributed by atoms with Crippen LogP contribution in [0.2, 0.25) is 5.02 Å². The number of pyridine rings is 1. The highest BCUT2D eigenvalue weighted by atomic mass is 79.9. The van der Waals surface area contributed by atoms with Gasteiger partial charge in [-0.15, -0.1) is 0 Å². The van der Waals surface area contributed by atoms with Gasteiger partial charge in [-0.1, -0.05) is 33.6 Å². The molecule has 0 unspecified atom stereocenters. The van der Waals surface area contributed by atoms with Crippen LogP contribution in [0.25, 0.3) is 10.9 Å². The average molecular weight is 375 g/mol. The summed E-state index contributed by atoms with van der Waals surface area (Å²) >= 11 is 9.91. The largest absolute Gasteiger partial charge is 0.252 e. The SMILES string of the molecule is Cc1ccnc([C@H]2C[C@@H]2c2cc(Cl)c3ccc(Br)cc3n2)n1. The molecule has 1 saturated carbocycles. The first-order valence-electron chi connectivity index (χ1n) is 7.17. The van der Waals surface area contributed by atoms with Crippen molar-refractivity contribution < 1.29 is 0 Å². The van der Waals surface area contributed by atoms with Crippen molar-refractivity contribution in [2.45, 2.75) is 25.2 Å². The van der Waals surface area contributed by atoms with Gasteiger partial charge in [-0.2, -0.15) is 0 Å². The molecule has 2 aromatic heterocycles. The van der Waals surface area contributed by atoms with E-state index in [9.17, 15) is 0 Å². The summed E-state index contributed by atoms with van der Waals surface area (Å²) in [5.74, 6) is 1.63. The maximum atomic E-state index is 6.42. The number of fused-ring (bicyclic) bond motifs is 1. The molecule has 5 heteroatoms. The Hall–Kier alpha value is -1.52. The van der Waals surface area contributed by atoms with Crippen LogP contribution in [0.3, 0.4) is 0 Å². The second kappa shape index (κ2) is 5.28. The van der Waals surface area contributed by atoms with Crippen LogP contribution in [0.4, 0.5) is 0 Å². The number of nitrogens with zero attached hydrogens (tertiary/aromatic N) is 3. The van der Waals surface area contributed by atoms with Gasteiger partial charge in [-0.3, -0.25) is 4.98 Å². The number of hydrogen-bond acceptors (Lipinski definition) is 3. The second-order valence-electron chi connectivity index (χ2n) is 5.70. The van der Waals surface area contributed by atoms with Gasteiger partial charge in [0.1, 0.15) is 5.82 Å². The number of aromatic nitrogens is 3. The van der Waals surface area contributed by atoms with Crippen LogP contribution >= 0.6 is 27.5 Å². The fourth-order valence-corrected chi connectivity index (χ4v) is 3.44. The summed E-state index contributed by atoms with van der Waals surface area (Å²) in [6.07, 6.45) is 2.86. The van der Waals surface area contributed by atoms with E-state index in [0.29, 0.717) is 11.8 Å². The first-order valence-corrected chi connectivity index (χ1v) is 8.34. The zero-order chi connectivity index (χ0) is 15.3. The number of hydrogen-bond donors (Lipinski definition) is 0. The smallest absolute Gasteiger partial charge is 0.132 e. The lowest BCUT2D eigenvalue weighted by Crippen LogP contribution is -1.96. The van der Waals surface area contributed by atoms with E-state index in [0.717, 1.165) is 44.0 Å². The van der Waals surface area contributed by atoms with E-state index in [2.05, 4.69) is 25.9 Å². The monoisotopic (exact) mass is 373 g/mol. The van der Waals surface area contributed by atoms with Crippen molar-refractivity contribution in [3.63, 3.8) is 0 Å². The molecule has 0 N–H and O–H groups in total. The molecular weight excluding hydrogens is 362 g/mol. The minimum absolute atomic E-state index is 0.355. The van der Waals surface area contributed by atoms with Gasteiger partial charge in [0.05, 0.1) is 10.5 Å². The normalized spacial score (nSPS) is 20.3. The van der Waals surface area contributed by atoms with Crippen molar-refractivity contribution in [3.05, 3.63) is 63.2 Å². The number of aryl methyl sites for hydroxylation is 1. The second-order valence-corrected chi connectivity index (χ2v) is 7.02. The Morgan fingerprint density at radius 2 is 2.00 bits per heavy atom. The van der Waals surface area contributed by atoms with Gasteiger partial charge in [-0.25, -0.2) is 9.97 Å². The fourth-order valence-electron chi connectivity index (χ4n) is 2.82. The molecule has 0 amide bonds. The molecule has 22 heavy (non-hydrogen) atoms. The molecule has 0 aliphatic heterocycles. The minimum atomic E-state index is 0.355. The first kappa shape index (κ1) is 14.1. The lowest BCUT2D eigenvalue weighted by atomic mass is 10.1. The van der Waals surface area contributed by atoms with Gasteiger partial charge >= 0.3 is 0 Å². The van der Waals surface area contributed by atoms with Crippen LogP contribution in [0, 0.1) is 6.92 Å². The van der Waals surface area contributed by atoms with Crippen molar-refractivity contribution >= 4 is 38.4 Å². The predicted octanol–water partition coefficient (Wildman–Crippen LogP) is 5.02. The fraction of sp³-hybridized carbons (Fsp3) is 0.235. The summed E-state index contributed by atoms with van der Waals surface area (Å²) in [5.41, 5.74) is 2.96. The van der Waals surface area contributed by atoms with Crippen molar-refractivity contribution in [3.8, 4) is 0 Å². The minimum Gasteiger partial charge on any atom is -0.252 e.